The molecule has 0 radical (unpaired) electrons. The summed E-state index contributed by atoms with van der Waals surface area (Å²) in [5.41, 5.74) is 3.10. The summed E-state index contributed by atoms with van der Waals surface area (Å²) in [7, 11) is 0. The van der Waals surface area contributed by atoms with E-state index in [-0.39, 0.29) is 0 Å². The second kappa shape index (κ2) is 2.94. The van der Waals surface area contributed by atoms with Crippen LogP contribution in [0.5, 0.6) is 0 Å². The smallest absolute Gasteiger partial charge is 0.150 e. The van der Waals surface area contributed by atoms with Crippen molar-refractivity contribution >= 4 is 17.3 Å². The number of aldehydes is 1. The van der Waals surface area contributed by atoms with Crippen molar-refractivity contribution in [2.45, 2.75) is 6.92 Å². The highest BCUT2D eigenvalue weighted by molar-refractivity contribution is 5.84. The number of benzene rings is 1. The van der Waals surface area contributed by atoms with E-state index in [0.29, 0.717) is 5.56 Å². The Morgan fingerprint density at radius 2 is 2.15 bits per heavy atom. The Morgan fingerprint density at radius 3 is 2.92 bits per heavy atom. The van der Waals surface area contributed by atoms with Gasteiger partial charge in [-0.2, -0.15) is 0 Å². The zero-order valence-corrected chi connectivity index (χ0v) is 7.19. The Labute approximate surface area is 75.4 Å². The van der Waals surface area contributed by atoms with Gasteiger partial charge < -0.3 is 0 Å². The molecule has 0 unspecified atom stereocenters. The van der Waals surface area contributed by atoms with Crippen molar-refractivity contribution in [2.24, 2.45) is 0 Å². The van der Waals surface area contributed by atoms with Crippen LogP contribution < -0.4 is 0 Å². The molecule has 2 rings (SSSR count). The normalized spacial score (nSPS) is 10.2. The van der Waals surface area contributed by atoms with Crippen LogP contribution in [0.4, 0.5) is 0 Å². The number of hydrogen-bond donors (Lipinski definition) is 0. The van der Waals surface area contributed by atoms with E-state index in [4.69, 9.17) is 0 Å². The third kappa shape index (κ3) is 1.40. The molecular formula is C10H8N2O. The molecule has 0 N–H and O–H groups in total. The van der Waals surface area contributed by atoms with Gasteiger partial charge in [0, 0.05) is 11.8 Å². The summed E-state index contributed by atoms with van der Waals surface area (Å²) in [6.45, 7) is 1.89. The summed E-state index contributed by atoms with van der Waals surface area (Å²) in [4.78, 5) is 18.9. The molecule has 3 nitrogen and oxygen atoms in total. The molecule has 0 spiro atoms. The summed E-state index contributed by atoms with van der Waals surface area (Å²) < 4.78 is 0. The molecule has 1 aromatic carbocycles. The highest BCUT2D eigenvalue weighted by atomic mass is 16.1. The molecule has 3 heteroatoms. The van der Waals surface area contributed by atoms with Crippen molar-refractivity contribution in [2.75, 3.05) is 0 Å². The second-order valence-electron chi connectivity index (χ2n) is 2.88. The number of nitrogens with zero attached hydrogens (tertiary/aromatic N) is 2. The molecule has 0 saturated carbocycles. The van der Waals surface area contributed by atoms with E-state index in [0.717, 1.165) is 23.0 Å². The molecule has 1 heterocycles. The topological polar surface area (TPSA) is 42.9 Å². The van der Waals surface area contributed by atoms with E-state index in [9.17, 15) is 4.79 Å². The van der Waals surface area contributed by atoms with Gasteiger partial charge in [0.25, 0.3) is 0 Å². The highest BCUT2D eigenvalue weighted by Crippen LogP contribution is 2.10. The van der Waals surface area contributed by atoms with Gasteiger partial charge in [0.2, 0.25) is 0 Å². The molecule has 0 atom stereocenters. The minimum Gasteiger partial charge on any atom is -0.298 e. The average Bonchev–Trinajstić information content (AvgIpc) is 2.17. The highest BCUT2D eigenvalue weighted by Gasteiger charge is 1.97. The minimum absolute atomic E-state index is 0.630. The number of carbonyl (C=O) groups excluding carboxylic acids is 1. The van der Waals surface area contributed by atoms with Crippen LogP contribution in [0.15, 0.2) is 24.4 Å². The van der Waals surface area contributed by atoms with E-state index in [2.05, 4.69) is 9.97 Å². The van der Waals surface area contributed by atoms with Gasteiger partial charge in [-0.3, -0.25) is 9.78 Å². The van der Waals surface area contributed by atoms with E-state index in [1.165, 1.54) is 0 Å². The first kappa shape index (κ1) is 7.86. The van der Waals surface area contributed by atoms with Crippen LogP contribution in [0.1, 0.15) is 16.1 Å². The Hall–Kier alpha value is -1.77. The summed E-state index contributed by atoms with van der Waals surface area (Å²) in [6.07, 6.45) is 2.50. The zero-order chi connectivity index (χ0) is 9.26. The fourth-order valence-electron chi connectivity index (χ4n) is 1.19. The zero-order valence-electron chi connectivity index (χ0n) is 7.19. The van der Waals surface area contributed by atoms with Crippen LogP contribution in [-0.2, 0) is 0 Å². The lowest BCUT2D eigenvalue weighted by molar-refractivity contribution is 0.112. The molecule has 1 aromatic heterocycles. The summed E-state index contributed by atoms with van der Waals surface area (Å²) in [6, 6.07) is 5.28. The predicted octanol–water partition coefficient (Wildman–Crippen LogP) is 1.75. The van der Waals surface area contributed by atoms with Crippen LogP contribution in [0, 0.1) is 6.92 Å². The van der Waals surface area contributed by atoms with Crippen LogP contribution in [-0.4, -0.2) is 16.3 Å². The van der Waals surface area contributed by atoms with Crippen molar-refractivity contribution in [1.82, 2.24) is 9.97 Å². The second-order valence-corrected chi connectivity index (χ2v) is 2.88. The summed E-state index contributed by atoms with van der Waals surface area (Å²) in [5, 5.41) is 0. The summed E-state index contributed by atoms with van der Waals surface area (Å²) in [5.74, 6) is 0. The maximum absolute atomic E-state index is 10.5. The molecule has 0 fully saturated rings. The van der Waals surface area contributed by atoms with Gasteiger partial charge in [-0.15, -0.1) is 0 Å². The predicted molar refractivity (Wildman–Crippen MR) is 49.7 cm³/mol. The third-order valence-corrected chi connectivity index (χ3v) is 1.82. The standard InChI is InChI=1S/C10H8N2O/c1-7-5-11-10-4-8(6-13)2-3-9(10)12-7/h2-6H,1H3. The molecule has 0 bridgehead atoms. The maximum atomic E-state index is 10.5. The van der Waals surface area contributed by atoms with Gasteiger partial charge in [-0.25, -0.2) is 4.98 Å². The van der Waals surface area contributed by atoms with Crippen LogP contribution in [0.25, 0.3) is 11.0 Å². The van der Waals surface area contributed by atoms with Crippen LogP contribution >= 0.6 is 0 Å². The van der Waals surface area contributed by atoms with Crippen LogP contribution in [0.2, 0.25) is 0 Å². The van der Waals surface area contributed by atoms with Gasteiger partial charge >= 0.3 is 0 Å². The molecule has 64 valence electrons. The van der Waals surface area contributed by atoms with Crippen LogP contribution in [0.3, 0.4) is 0 Å². The average molecular weight is 172 g/mol. The van der Waals surface area contributed by atoms with E-state index in [1.807, 2.05) is 6.92 Å². The Kier molecular flexibility index (Phi) is 1.77. The van der Waals surface area contributed by atoms with Crippen molar-refractivity contribution in [3.05, 3.63) is 35.7 Å². The number of rotatable bonds is 1. The first-order valence-electron chi connectivity index (χ1n) is 3.98. The number of fused-ring (bicyclic) bond motifs is 1. The quantitative estimate of drug-likeness (QED) is 0.615. The Morgan fingerprint density at radius 1 is 1.31 bits per heavy atom. The molecular weight excluding hydrogens is 164 g/mol. The number of aryl methyl sites for hydroxylation is 1. The van der Waals surface area contributed by atoms with Gasteiger partial charge in [0.1, 0.15) is 6.29 Å². The largest absolute Gasteiger partial charge is 0.298 e. The van der Waals surface area contributed by atoms with Gasteiger partial charge in [0.05, 0.1) is 16.7 Å². The van der Waals surface area contributed by atoms with Crippen molar-refractivity contribution in [1.29, 1.82) is 0 Å². The third-order valence-electron chi connectivity index (χ3n) is 1.82. The van der Waals surface area contributed by atoms with Gasteiger partial charge in [0.15, 0.2) is 0 Å². The first-order valence-corrected chi connectivity index (χ1v) is 3.98. The fourth-order valence-corrected chi connectivity index (χ4v) is 1.19. The molecule has 0 saturated heterocycles. The molecule has 2 aromatic rings. The number of hydrogen-bond acceptors (Lipinski definition) is 3. The molecule has 13 heavy (non-hydrogen) atoms. The van der Waals surface area contributed by atoms with E-state index < -0.39 is 0 Å². The first-order chi connectivity index (χ1) is 6.29. The van der Waals surface area contributed by atoms with Gasteiger partial charge in [-0.1, -0.05) is 0 Å². The molecule has 0 aliphatic carbocycles. The van der Waals surface area contributed by atoms with Crippen molar-refractivity contribution < 1.29 is 4.79 Å². The fraction of sp³-hybridized carbons (Fsp3) is 0.100. The lowest BCUT2D eigenvalue weighted by atomic mass is 10.2. The van der Waals surface area contributed by atoms with Gasteiger partial charge in [-0.05, 0) is 25.1 Å². The minimum atomic E-state index is 0.630. The molecule has 0 aliphatic rings. The Balaban J connectivity index is 2.73. The van der Waals surface area contributed by atoms with E-state index >= 15 is 0 Å². The summed E-state index contributed by atoms with van der Waals surface area (Å²) >= 11 is 0. The maximum Gasteiger partial charge on any atom is 0.150 e. The number of carbonyl (C=O) groups is 1. The lowest BCUT2D eigenvalue weighted by Gasteiger charge is -1.97. The lowest BCUT2D eigenvalue weighted by Crippen LogP contribution is -1.88. The molecule has 0 aliphatic heterocycles. The van der Waals surface area contributed by atoms with Crippen molar-refractivity contribution in [3.63, 3.8) is 0 Å². The van der Waals surface area contributed by atoms with Crippen molar-refractivity contribution in [3.8, 4) is 0 Å². The SMILES string of the molecule is Cc1cnc2cc(C=O)ccc2n1. The monoisotopic (exact) mass is 172 g/mol. The molecule has 0 amide bonds. The number of aromatic nitrogens is 2. The van der Waals surface area contributed by atoms with E-state index in [1.54, 1.807) is 24.4 Å². The Bertz CT molecular complexity index is 465.